The molecule has 2 unspecified atom stereocenters. The smallest absolute Gasteiger partial charge is 0.371 e. The molecule has 1 aromatic rings. The van der Waals surface area contributed by atoms with Gasteiger partial charge in [0.25, 0.3) is 0 Å². The van der Waals surface area contributed by atoms with E-state index in [1.807, 2.05) is 25.3 Å². The lowest BCUT2D eigenvalue weighted by atomic mass is 10.3. The lowest BCUT2D eigenvalue weighted by Gasteiger charge is -2.36. The lowest BCUT2D eigenvalue weighted by Crippen LogP contribution is -2.58. The third kappa shape index (κ3) is 6.72. The van der Waals surface area contributed by atoms with Crippen LogP contribution in [0.5, 0.6) is 0 Å². The van der Waals surface area contributed by atoms with Gasteiger partial charge in [0.15, 0.2) is 16.6 Å². The Morgan fingerprint density at radius 2 is 1.33 bits per heavy atom. The monoisotopic (exact) mass is 526 g/mol. The quantitative estimate of drug-likeness (QED) is 0.335. The Morgan fingerprint density at radius 1 is 0.727 bits per heavy atom. The van der Waals surface area contributed by atoms with Crippen molar-refractivity contribution in [3.63, 3.8) is 0 Å². The van der Waals surface area contributed by atoms with E-state index >= 15 is 0 Å². The Labute approximate surface area is 204 Å². The van der Waals surface area contributed by atoms with E-state index in [0.29, 0.717) is 0 Å². The second-order valence-electron chi connectivity index (χ2n) is 9.52. The van der Waals surface area contributed by atoms with Crippen molar-refractivity contribution >= 4 is 38.9 Å². The summed E-state index contributed by atoms with van der Waals surface area (Å²) in [4.78, 5) is 0. The molecule has 1 aliphatic rings. The fraction of sp³-hybridized carbons (Fsp3) is 0.565. The molecule has 6 nitrogen and oxygen atoms in total. The number of benzene rings is 1. The Hall–Kier alpha value is -0.672. The zero-order valence-electron chi connectivity index (χ0n) is 21.8. The predicted octanol–water partition coefficient (Wildman–Crippen LogP) is 4.38. The van der Waals surface area contributed by atoms with E-state index in [0.717, 1.165) is 22.6 Å². The summed E-state index contributed by atoms with van der Waals surface area (Å²) < 4.78 is 36.5. The summed E-state index contributed by atoms with van der Waals surface area (Å²) >= 11 is 0. The summed E-state index contributed by atoms with van der Waals surface area (Å²) in [6, 6.07) is 11.2. The minimum absolute atomic E-state index is 0.153. The SMILES string of the molecule is CO[Si](C)(C)C[Si](OC)(OC)C1C=CC(C[Si](C)(C[Si](OC)(OC)c2ccccc2)OC)=C1. The lowest BCUT2D eigenvalue weighted by molar-refractivity contribution is 0.241. The van der Waals surface area contributed by atoms with Crippen LogP contribution in [0.1, 0.15) is 0 Å². The van der Waals surface area contributed by atoms with Crippen molar-refractivity contribution in [2.75, 3.05) is 42.7 Å². The number of allylic oxidation sites excluding steroid dienone is 4. The molecule has 0 saturated heterocycles. The number of rotatable bonds is 14. The van der Waals surface area contributed by atoms with Crippen LogP contribution in [0.15, 0.2) is 54.1 Å². The molecule has 2 rings (SSSR count). The van der Waals surface area contributed by atoms with Gasteiger partial charge in [0.1, 0.15) is 0 Å². The summed E-state index contributed by atoms with van der Waals surface area (Å²) in [5.41, 5.74) is 3.12. The van der Waals surface area contributed by atoms with E-state index in [-0.39, 0.29) is 5.54 Å². The van der Waals surface area contributed by atoms with E-state index in [9.17, 15) is 0 Å². The van der Waals surface area contributed by atoms with Gasteiger partial charge in [-0.25, -0.2) is 0 Å². The van der Waals surface area contributed by atoms with Crippen LogP contribution in [-0.2, 0) is 26.6 Å². The summed E-state index contributed by atoms with van der Waals surface area (Å²) in [6.07, 6.45) is 6.80. The fourth-order valence-electron chi connectivity index (χ4n) is 4.63. The van der Waals surface area contributed by atoms with Crippen molar-refractivity contribution < 1.29 is 26.6 Å². The highest BCUT2D eigenvalue weighted by molar-refractivity contribution is 6.95. The second-order valence-corrected chi connectivity index (χ2v) is 25.9. The van der Waals surface area contributed by atoms with Crippen molar-refractivity contribution in [2.45, 2.75) is 42.6 Å². The van der Waals surface area contributed by atoms with Crippen molar-refractivity contribution in [2.24, 2.45) is 0 Å². The predicted molar refractivity (Wildman–Crippen MR) is 144 cm³/mol. The molecule has 10 heteroatoms. The molecule has 1 aromatic carbocycles. The molecule has 1 aliphatic carbocycles. The Kier molecular flexibility index (Phi) is 10.3. The van der Waals surface area contributed by atoms with Crippen LogP contribution in [0.4, 0.5) is 0 Å². The molecule has 0 N–H and O–H groups in total. The molecule has 0 amide bonds. The fourth-order valence-corrected chi connectivity index (χ4v) is 23.2. The number of hydrogen-bond donors (Lipinski definition) is 0. The zero-order valence-corrected chi connectivity index (χ0v) is 25.8. The van der Waals surface area contributed by atoms with Crippen LogP contribution in [0.25, 0.3) is 0 Å². The standard InChI is InChI=1S/C23H42O6Si4/c1-24-30(7,8)19-32(26-3,27-4)23-16-15-21(17-23)18-31(9,25-2)20-33(28-5,29-6)22-13-11-10-12-14-22/h10-17,23H,18-20H2,1-9H3. The molecule has 2 atom stereocenters. The minimum atomic E-state index is -2.62. The molecule has 0 fully saturated rings. The average molecular weight is 527 g/mol. The Morgan fingerprint density at radius 3 is 1.82 bits per heavy atom. The number of hydrogen-bond acceptors (Lipinski definition) is 6. The Bertz CT molecular complexity index is 808. The van der Waals surface area contributed by atoms with Crippen molar-refractivity contribution in [1.82, 2.24) is 0 Å². The van der Waals surface area contributed by atoms with Gasteiger partial charge >= 0.3 is 17.1 Å². The average Bonchev–Trinajstić information content (AvgIpc) is 3.30. The van der Waals surface area contributed by atoms with Crippen LogP contribution in [0.2, 0.25) is 42.6 Å². The van der Waals surface area contributed by atoms with E-state index in [1.165, 1.54) is 5.57 Å². The molecule has 186 valence electrons. The third-order valence-electron chi connectivity index (χ3n) is 6.89. The van der Waals surface area contributed by atoms with E-state index in [4.69, 9.17) is 26.6 Å². The van der Waals surface area contributed by atoms with Gasteiger partial charge in [-0.2, -0.15) is 0 Å². The maximum absolute atomic E-state index is 6.23. The van der Waals surface area contributed by atoms with Gasteiger partial charge in [0.05, 0.1) is 0 Å². The van der Waals surface area contributed by atoms with Gasteiger partial charge in [-0.05, 0) is 30.9 Å². The molecule has 0 aliphatic heterocycles. The zero-order chi connectivity index (χ0) is 24.8. The highest BCUT2D eigenvalue weighted by Gasteiger charge is 2.50. The highest BCUT2D eigenvalue weighted by Crippen LogP contribution is 2.40. The molecule has 0 spiro atoms. The first-order valence-corrected chi connectivity index (χ1v) is 21.4. The molecule has 0 saturated carbocycles. The van der Waals surface area contributed by atoms with E-state index < -0.39 is 33.8 Å². The maximum atomic E-state index is 6.23. The Balaban J connectivity index is 2.28. The van der Waals surface area contributed by atoms with Crippen LogP contribution >= 0.6 is 0 Å². The van der Waals surface area contributed by atoms with Gasteiger partial charge in [0.2, 0.25) is 0 Å². The largest absolute Gasteiger partial charge is 0.421 e. The van der Waals surface area contributed by atoms with E-state index in [2.05, 4.69) is 50.0 Å². The maximum Gasteiger partial charge on any atom is 0.371 e. The normalized spacial score (nSPS) is 18.9. The van der Waals surface area contributed by atoms with Gasteiger partial charge in [-0.15, -0.1) is 0 Å². The minimum Gasteiger partial charge on any atom is -0.421 e. The van der Waals surface area contributed by atoms with Crippen molar-refractivity contribution in [1.29, 1.82) is 0 Å². The molecule has 0 bridgehead atoms. The summed E-state index contributed by atoms with van der Waals surface area (Å²) in [7, 11) is 1.51. The first-order valence-electron chi connectivity index (χ1n) is 11.3. The summed E-state index contributed by atoms with van der Waals surface area (Å²) in [5.74, 6) is 0. The van der Waals surface area contributed by atoms with Gasteiger partial charge in [-0.3, -0.25) is 0 Å². The molecular formula is C23H42O6Si4. The molecular weight excluding hydrogens is 485 g/mol. The molecule has 0 aromatic heterocycles. The van der Waals surface area contributed by atoms with Gasteiger partial charge < -0.3 is 26.6 Å². The van der Waals surface area contributed by atoms with Crippen LogP contribution < -0.4 is 5.19 Å². The highest BCUT2D eigenvalue weighted by atomic mass is 28.4. The topological polar surface area (TPSA) is 55.4 Å². The van der Waals surface area contributed by atoms with Crippen LogP contribution in [0.3, 0.4) is 0 Å². The second kappa shape index (κ2) is 11.8. The van der Waals surface area contributed by atoms with Gasteiger partial charge in [0, 0.05) is 59.5 Å². The van der Waals surface area contributed by atoms with Crippen LogP contribution in [0, 0.1) is 0 Å². The van der Waals surface area contributed by atoms with Gasteiger partial charge in [-0.1, -0.05) is 54.1 Å². The molecule has 0 radical (unpaired) electrons. The third-order valence-corrected chi connectivity index (χ3v) is 25.7. The van der Waals surface area contributed by atoms with E-state index in [1.54, 1.807) is 35.5 Å². The van der Waals surface area contributed by atoms with Crippen molar-refractivity contribution in [3.05, 3.63) is 54.1 Å². The first-order chi connectivity index (χ1) is 15.6. The summed E-state index contributed by atoms with van der Waals surface area (Å²) in [6.45, 7) is 6.71. The van der Waals surface area contributed by atoms with Crippen LogP contribution in [-0.4, -0.2) is 76.4 Å². The van der Waals surface area contributed by atoms with Crippen molar-refractivity contribution in [3.8, 4) is 0 Å². The molecule has 33 heavy (non-hydrogen) atoms. The first kappa shape index (κ1) is 28.6. The molecule has 0 heterocycles. The summed E-state index contributed by atoms with van der Waals surface area (Å²) in [5, 5.41) is 1.14.